The quantitative estimate of drug-likeness (QED) is 0.441. The summed E-state index contributed by atoms with van der Waals surface area (Å²) >= 11 is 1.84. The van der Waals surface area contributed by atoms with Crippen LogP contribution in [0.25, 0.3) is 0 Å². The highest BCUT2D eigenvalue weighted by Crippen LogP contribution is 2.37. The van der Waals surface area contributed by atoms with Crippen LogP contribution >= 0.6 is 11.3 Å². The lowest BCUT2D eigenvalue weighted by Crippen LogP contribution is -2.40. The SMILES string of the molecule is CCNC(=NCC1CCCN(C)C1c1cccs1)NCCc1cccc(OC)c1O. The number of aliphatic imine (C=N–C) groups is 1. The van der Waals surface area contributed by atoms with E-state index in [1.54, 1.807) is 13.2 Å². The Hall–Kier alpha value is -2.25. The van der Waals surface area contributed by atoms with Crippen molar-refractivity contribution in [2.75, 3.05) is 40.3 Å². The smallest absolute Gasteiger partial charge is 0.191 e. The first kappa shape index (κ1) is 22.4. The minimum Gasteiger partial charge on any atom is -0.504 e. The van der Waals surface area contributed by atoms with Gasteiger partial charge < -0.3 is 20.5 Å². The summed E-state index contributed by atoms with van der Waals surface area (Å²) < 4.78 is 5.20. The van der Waals surface area contributed by atoms with Crippen LogP contribution in [-0.2, 0) is 6.42 Å². The van der Waals surface area contributed by atoms with Crippen LogP contribution in [0.3, 0.4) is 0 Å². The number of hydrogen-bond donors (Lipinski definition) is 3. The van der Waals surface area contributed by atoms with Crippen molar-refractivity contribution < 1.29 is 9.84 Å². The summed E-state index contributed by atoms with van der Waals surface area (Å²) in [5.74, 6) is 2.07. The highest BCUT2D eigenvalue weighted by molar-refractivity contribution is 7.10. The second kappa shape index (κ2) is 11.2. The van der Waals surface area contributed by atoms with E-state index in [0.29, 0.717) is 30.7 Å². The molecule has 6 nitrogen and oxygen atoms in total. The number of ether oxygens (including phenoxy) is 1. The molecular formula is C23H34N4O2S. The van der Waals surface area contributed by atoms with E-state index in [9.17, 15) is 5.11 Å². The molecule has 0 aliphatic carbocycles. The Labute approximate surface area is 184 Å². The van der Waals surface area contributed by atoms with Crippen molar-refractivity contribution in [2.24, 2.45) is 10.9 Å². The number of para-hydroxylation sites is 1. The normalized spacial score (nSPS) is 20.2. The van der Waals surface area contributed by atoms with Crippen LogP contribution in [0, 0.1) is 5.92 Å². The molecule has 1 aromatic heterocycles. The van der Waals surface area contributed by atoms with Gasteiger partial charge in [0, 0.05) is 30.6 Å². The third-order valence-electron chi connectivity index (χ3n) is 5.66. The number of benzene rings is 1. The Kier molecular flexibility index (Phi) is 8.39. The van der Waals surface area contributed by atoms with E-state index in [2.05, 4.69) is 47.0 Å². The lowest BCUT2D eigenvalue weighted by atomic mass is 9.88. The maximum Gasteiger partial charge on any atom is 0.191 e. The number of nitrogens with one attached hydrogen (secondary N) is 2. The minimum atomic E-state index is 0.216. The minimum absolute atomic E-state index is 0.216. The molecule has 30 heavy (non-hydrogen) atoms. The van der Waals surface area contributed by atoms with Crippen LogP contribution < -0.4 is 15.4 Å². The number of phenolic OH excluding ortho intramolecular Hbond substituents is 1. The zero-order chi connectivity index (χ0) is 21.3. The summed E-state index contributed by atoms with van der Waals surface area (Å²) in [6.45, 7) is 5.52. The number of thiophene rings is 1. The van der Waals surface area contributed by atoms with Gasteiger partial charge in [-0.25, -0.2) is 0 Å². The molecule has 2 aromatic rings. The molecule has 164 valence electrons. The molecule has 0 amide bonds. The lowest BCUT2D eigenvalue weighted by molar-refractivity contribution is 0.128. The summed E-state index contributed by atoms with van der Waals surface area (Å²) in [4.78, 5) is 8.81. The zero-order valence-corrected chi connectivity index (χ0v) is 19.0. The molecule has 0 saturated carbocycles. The van der Waals surface area contributed by atoms with Gasteiger partial charge in [-0.1, -0.05) is 18.2 Å². The first-order valence-electron chi connectivity index (χ1n) is 10.7. The van der Waals surface area contributed by atoms with E-state index >= 15 is 0 Å². The van der Waals surface area contributed by atoms with Crippen LogP contribution in [0.5, 0.6) is 11.5 Å². The average molecular weight is 431 g/mol. The monoisotopic (exact) mass is 430 g/mol. The van der Waals surface area contributed by atoms with Gasteiger partial charge in [0.1, 0.15) is 0 Å². The molecule has 0 radical (unpaired) electrons. The highest BCUT2D eigenvalue weighted by Gasteiger charge is 2.31. The van der Waals surface area contributed by atoms with Gasteiger partial charge >= 0.3 is 0 Å². The van der Waals surface area contributed by atoms with Crippen LogP contribution in [0.1, 0.15) is 36.2 Å². The number of likely N-dealkylation sites (tertiary alicyclic amines) is 1. The predicted molar refractivity (Wildman–Crippen MR) is 125 cm³/mol. The number of rotatable bonds is 8. The van der Waals surface area contributed by atoms with E-state index in [1.165, 1.54) is 17.7 Å². The van der Waals surface area contributed by atoms with Gasteiger partial charge in [-0.3, -0.25) is 9.89 Å². The van der Waals surface area contributed by atoms with Crippen LogP contribution in [0.2, 0.25) is 0 Å². The van der Waals surface area contributed by atoms with Gasteiger partial charge in [-0.15, -0.1) is 11.3 Å². The van der Waals surface area contributed by atoms with Crippen molar-refractivity contribution in [3.63, 3.8) is 0 Å². The Bertz CT molecular complexity index is 810. The summed E-state index contributed by atoms with van der Waals surface area (Å²) in [5, 5.41) is 19.2. The number of piperidine rings is 1. The summed E-state index contributed by atoms with van der Waals surface area (Å²) in [7, 11) is 3.80. The van der Waals surface area contributed by atoms with E-state index in [1.807, 2.05) is 23.5 Å². The molecule has 1 aromatic carbocycles. The molecular weight excluding hydrogens is 396 g/mol. The first-order chi connectivity index (χ1) is 14.6. The van der Waals surface area contributed by atoms with Gasteiger partial charge in [0.25, 0.3) is 0 Å². The topological polar surface area (TPSA) is 69.1 Å². The molecule has 1 aliphatic heterocycles. The number of aromatic hydroxyl groups is 1. The van der Waals surface area contributed by atoms with Gasteiger partial charge in [0.2, 0.25) is 0 Å². The van der Waals surface area contributed by atoms with Crippen molar-refractivity contribution in [3.05, 3.63) is 46.2 Å². The zero-order valence-electron chi connectivity index (χ0n) is 18.2. The Morgan fingerprint density at radius 3 is 2.90 bits per heavy atom. The first-order valence-corrected chi connectivity index (χ1v) is 11.6. The molecule has 2 unspecified atom stereocenters. The van der Waals surface area contributed by atoms with Gasteiger partial charge in [0.05, 0.1) is 7.11 Å². The predicted octanol–water partition coefficient (Wildman–Crippen LogP) is 3.64. The maximum absolute atomic E-state index is 10.3. The Morgan fingerprint density at radius 1 is 1.30 bits per heavy atom. The van der Waals surface area contributed by atoms with Crippen LogP contribution in [-0.4, -0.2) is 56.3 Å². The van der Waals surface area contributed by atoms with Crippen molar-refractivity contribution >= 4 is 17.3 Å². The number of methoxy groups -OCH3 is 1. The molecule has 0 bridgehead atoms. The van der Waals surface area contributed by atoms with Crippen LogP contribution in [0.4, 0.5) is 0 Å². The van der Waals surface area contributed by atoms with Gasteiger partial charge in [-0.05, 0) is 68.8 Å². The molecule has 0 spiro atoms. The molecule has 2 atom stereocenters. The van der Waals surface area contributed by atoms with E-state index in [4.69, 9.17) is 9.73 Å². The average Bonchev–Trinajstić information content (AvgIpc) is 3.27. The third-order valence-corrected chi connectivity index (χ3v) is 6.60. The second-order valence-corrected chi connectivity index (χ2v) is 8.69. The Balaban J connectivity index is 1.61. The standard InChI is InChI=1S/C23H34N4O2S/c1-4-24-23(25-13-12-17-8-5-10-19(29-3)22(17)28)26-16-18-9-6-14-27(2)21(18)20-11-7-15-30-20/h5,7-8,10-11,15,18,21,28H,4,6,9,12-14,16H2,1-3H3,(H2,24,25,26). The number of phenols is 1. The number of hydrogen-bond acceptors (Lipinski definition) is 5. The maximum atomic E-state index is 10.3. The summed E-state index contributed by atoms with van der Waals surface area (Å²) in [6.07, 6.45) is 3.11. The molecule has 1 fully saturated rings. The van der Waals surface area contributed by atoms with Crippen molar-refractivity contribution in [1.29, 1.82) is 0 Å². The van der Waals surface area contributed by atoms with Crippen molar-refractivity contribution in [1.82, 2.24) is 15.5 Å². The van der Waals surface area contributed by atoms with Crippen LogP contribution in [0.15, 0.2) is 40.7 Å². The fraction of sp³-hybridized carbons (Fsp3) is 0.522. The molecule has 2 heterocycles. The fourth-order valence-corrected chi connectivity index (χ4v) is 5.14. The molecule has 3 N–H and O–H groups in total. The van der Waals surface area contributed by atoms with Crippen molar-refractivity contribution in [3.8, 4) is 11.5 Å². The summed E-state index contributed by atoms with van der Waals surface area (Å²) in [6, 6.07) is 10.4. The third kappa shape index (κ3) is 5.67. The van der Waals surface area contributed by atoms with Gasteiger partial charge in [0.15, 0.2) is 17.5 Å². The number of guanidine groups is 1. The summed E-state index contributed by atoms with van der Waals surface area (Å²) in [5.41, 5.74) is 0.865. The van der Waals surface area contributed by atoms with E-state index in [-0.39, 0.29) is 5.75 Å². The number of nitrogens with zero attached hydrogens (tertiary/aromatic N) is 2. The van der Waals surface area contributed by atoms with Gasteiger partial charge in [-0.2, -0.15) is 0 Å². The largest absolute Gasteiger partial charge is 0.504 e. The van der Waals surface area contributed by atoms with E-state index in [0.717, 1.165) is 31.2 Å². The Morgan fingerprint density at radius 2 is 2.17 bits per heavy atom. The fourth-order valence-electron chi connectivity index (χ4n) is 4.16. The molecule has 1 aliphatic rings. The molecule has 7 heteroatoms. The lowest BCUT2D eigenvalue weighted by Gasteiger charge is -2.38. The molecule has 3 rings (SSSR count). The highest BCUT2D eigenvalue weighted by atomic mass is 32.1. The molecule has 1 saturated heterocycles. The van der Waals surface area contributed by atoms with Crippen molar-refractivity contribution in [2.45, 2.75) is 32.2 Å². The van der Waals surface area contributed by atoms with E-state index < -0.39 is 0 Å². The second-order valence-electron chi connectivity index (χ2n) is 7.71.